The first-order valence-corrected chi connectivity index (χ1v) is 8.83. The molecule has 8 heteroatoms. The molecule has 0 bridgehead atoms. The van der Waals surface area contributed by atoms with Crippen molar-refractivity contribution in [2.45, 2.75) is 45.6 Å². The summed E-state index contributed by atoms with van der Waals surface area (Å²) in [6.45, 7) is 8.01. The minimum absolute atomic E-state index is 0.243. The number of carbonyl (C=O) groups is 1. The van der Waals surface area contributed by atoms with Crippen molar-refractivity contribution >= 4 is 22.4 Å². The van der Waals surface area contributed by atoms with E-state index in [2.05, 4.69) is 39.8 Å². The fourth-order valence-electron chi connectivity index (χ4n) is 2.71. The number of hydrogen-bond donors (Lipinski definition) is 2. The third-order valence-electron chi connectivity index (χ3n) is 4.13. The lowest BCUT2D eigenvalue weighted by atomic mass is 10.1. The molecular formula is C15H22N6OS. The molecule has 2 N–H and O–H groups in total. The predicted molar refractivity (Wildman–Crippen MR) is 90.1 cm³/mol. The van der Waals surface area contributed by atoms with Crippen molar-refractivity contribution in [3.63, 3.8) is 0 Å². The molecule has 0 aliphatic carbocycles. The zero-order valence-electron chi connectivity index (χ0n) is 13.7. The maximum Gasteiger partial charge on any atom is 0.279 e. The Bertz CT molecular complexity index is 686. The lowest BCUT2D eigenvalue weighted by Crippen LogP contribution is -2.30. The number of piperidine rings is 1. The van der Waals surface area contributed by atoms with Gasteiger partial charge in [0.2, 0.25) is 0 Å². The van der Waals surface area contributed by atoms with Gasteiger partial charge in [0.1, 0.15) is 0 Å². The number of nitrogens with one attached hydrogen (secondary N) is 2. The summed E-state index contributed by atoms with van der Waals surface area (Å²) in [5, 5.41) is 17.0. The summed E-state index contributed by atoms with van der Waals surface area (Å²) < 4.78 is 1.89. The molecule has 0 radical (unpaired) electrons. The third-order valence-corrected chi connectivity index (χ3v) is 4.91. The van der Waals surface area contributed by atoms with Crippen LogP contribution < -0.4 is 10.6 Å². The molecule has 1 aliphatic rings. The maximum absolute atomic E-state index is 12.4. The van der Waals surface area contributed by atoms with Crippen molar-refractivity contribution in [3.05, 3.63) is 22.5 Å². The van der Waals surface area contributed by atoms with Crippen molar-refractivity contribution in [2.24, 2.45) is 0 Å². The predicted octanol–water partition coefficient (Wildman–Crippen LogP) is 2.34. The van der Waals surface area contributed by atoms with Crippen LogP contribution in [0.15, 0.2) is 5.38 Å². The van der Waals surface area contributed by atoms with Crippen LogP contribution in [-0.2, 0) is 0 Å². The lowest BCUT2D eigenvalue weighted by Gasteiger charge is -2.23. The quantitative estimate of drug-likeness (QED) is 0.896. The number of thiazole rings is 1. The molecule has 1 aliphatic heterocycles. The molecule has 0 aromatic carbocycles. The van der Waals surface area contributed by atoms with Crippen LogP contribution in [0, 0.1) is 6.92 Å². The summed E-state index contributed by atoms with van der Waals surface area (Å²) in [5.41, 5.74) is 2.18. The van der Waals surface area contributed by atoms with Crippen LogP contribution in [0.4, 0.5) is 5.13 Å². The molecule has 1 saturated heterocycles. The highest BCUT2D eigenvalue weighted by atomic mass is 32.1. The molecule has 2 aromatic heterocycles. The highest BCUT2D eigenvalue weighted by molar-refractivity contribution is 7.14. The van der Waals surface area contributed by atoms with Crippen LogP contribution in [0.3, 0.4) is 0 Å². The van der Waals surface area contributed by atoms with Crippen molar-refractivity contribution < 1.29 is 4.79 Å². The molecule has 0 saturated carbocycles. The minimum atomic E-state index is -0.243. The van der Waals surface area contributed by atoms with Crippen LogP contribution in [0.1, 0.15) is 60.5 Å². The van der Waals surface area contributed by atoms with Crippen LogP contribution in [0.2, 0.25) is 0 Å². The molecule has 1 fully saturated rings. The molecule has 0 unspecified atom stereocenters. The molecule has 7 nitrogen and oxygen atoms in total. The van der Waals surface area contributed by atoms with Crippen molar-refractivity contribution in [1.29, 1.82) is 0 Å². The van der Waals surface area contributed by atoms with Crippen LogP contribution in [0.25, 0.3) is 0 Å². The highest BCUT2D eigenvalue weighted by Crippen LogP contribution is 2.23. The Morgan fingerprint density at radius 2 is 2.17 bits per heavy atom. The van der Waals surface area contributed by atoms with Gasteiger partial charge in [0.25, 0.3) is 5.91 Å². The Hall–Kier alpha value is -1.80. The van der Waals surface area contributed by atoms with E-state index in [1.807, 2.05) is 17.0 Å². The van der Waals surface area contributed by atoms with Crippen molar-refractivity contribution in [1.82, 2.24) is 25.3 Å². The van der Waals surface area contributed by atoms with Gasteiger partial charge in [0, 0.05) is 5.38 Å². The zero-order chi connectivity index (χ0) is 16.4. The minimum Gasteiger partial charge on any atom is -0.317 e. The summed E-state index contributed by atoms with van der Waals surface area (Å²) >= 11 is 1.44. The summed E-state index contributed by atoms with van der Waals surface area (Å²) in [4.78, 5) is 16.9. The Balaban J connectivity index is 1.73. The second-order valence-corrected chi connectivity index (χ2v) is 6.99. The molecule has 23 heavy (non-hydrogen) atoms. The van der Waals surface area contributed by atoms with E-state index in [9.17, 15) is 4.79 Å². The van der Waals surface area contributed by atoms with Gasteiger partial charge in [0.15, 0.2) is 10.8 Å². The fourth-order valence-corrected chi connectivity index (χ4v) is 3.58. The van der Waals surface area contributed by atoms with E-state index in [-0.39, 0.29) is 5.91 Å². The number of carbonyl (C=O) groups excluding carboxylic acids is 1. The van der Waals surface area contributed by atoms with Gasteiger partial charge in [-0.3, -0.25) is 10.1 Å². The van der Waals surface area contributed by atoms with Crippen molar-refractivity contribution in [2.75, 3.05) is 18.4 Å². The molecule has 0 spiro atoms. The number of aromatic nitrogens is 4. The number of anilines is 1. The second-order valence-electron chi connectivity index (χ2n) is 6.14. The lowest BCUT2D eigenvalue weighted by molar-refractivity contribution is 0.102. The third kappa shape index (κ3) is 3.42. The highest BCUT2D eigenvalue weighted by Gasteiger charge is 2.23. The smallest absolute Gasteiger partial charge is 0.279 e. The first-order valence-electron chi connectivity index (χ1n) is 7.95. The van der Waals surface area contributed by atoms with Gasteiger partial charge < -0.3 is 5.32 Å². The van der Waals surface area contributed by atoms with Crippen LogP contribution in [0.5, 0.6) is 0 Å². The monoisotopic (exact) mass is 334 g/mol. The number of hydrogen-bond acceptors (Lipinski definition) is 6. The van der Waals surface area contributed by atoms with Gasteiger partial charge >= 0.3 is 0 Å². The Morgan fingerprint density at radius 1 is 1.43 bits per heavy atom. The van der Waals surface area contributed by atoms with Gasteiger partial charge in [-0.25, -0.2) is 9.67 Å². The average Bonchev–Trinajstić information content (AvgIpc) is 3.15. The maximum atomic E-state index is 12.4. The van der Waals surface area contributed by atoms with E-state index in [0.717, 1.165) is 37.3 Å². The molecular weight excluding hydrogens is 312 g/mol. The van der Waals surface area contributed by atoms with Gasteiger partial charge in [0.05, 0.1) is 17.4 Å². The summed E-state index contributed by atoms with van der Waals surface area (Å²) in [7, 11) is 0. The van der Waals surface area contributed by atoms with E-state index in [0.29, 0.717) is 22.8 Å². The van der Waals surface area contributed by atoms with E-state index in [4.69, 9.17) is 0 Å². The molecule has 1 amide bonds. The molecule has 0 atom stereocenters. The first-order chi connectivity index (χ1) is 11.1. The normalized spacial score (nSPS) is 16.0. The zero-order valence-corrected chi connectivity index (χ0v) is 14.5. The number of rotatable bonds is 4. The van der Waals surface area contributed by atoms with E-state index >= 15 is 0 Å². The largest absolute Gasteiger partial charge is 0.317 e. The summed E-state index contributed by atoms with van der Waals surface area (Å²) in [6, 6.07) is 0.317. The van der Waals surface area contributed by atoms with E-state index in [1.54, 1.807) is 0 Å². The SMILES string of the molecule is Cc1c(C(=O)Nc2nc(C(C)C)cs2)nnn1C1CCNCC1. The number of amides is 1. The molecule has 3 rings (SSSR count). The van der Waals surface area contributed by atoms with Gasteiger partial charge in [-0.05, 0) is 38.8 Å². The van der Waals surface area contributed by atoms with Crippen molar-refractivity contribution in [3.8, 4) is 0 Å². The van der Waals surface area contributed by atoms with E-state index < -0.39 is 0 Å². The van der Waals surface area contributed by atoms with Gasteiger partial charge in [-0.2, -0.15) is 0 Å². The van der Waals surface area contributed by atoms with Gasteiger partial charge in [-0.1, -0.05) is 19.1 Å². The fraction of sp³-hybridized carbons (Fsp3) is 0.600. The molecule has 2 aromatic rings. The van der Waals surface area contributed by atoms with Crippen LogP contribution in [-0.4, -0.2) is 39.0 Å². The summed E-state index contributed by atoms with van der Waals surface area (Å²) in [5.74, 6) is 0.103. The standard InChI is InChI=1S/C15H22N6OS/c1-9(2)12-8-23-15(17-12)18-14(22)13-10(3)21(20-19-13)11-4-6-16-7-5-11/h8-9,11,16H,4-7H2,1-3H3,(H,17,18,22). The van der Waals surface area contributed by atoms with E-state index in [1.165, 1.54) is 11.3 Å². The van der Waals surface area contributed by atoms with Gasteiger partial charge in [-0.15, -0.1) is 16.4 Å². The Morgan fingerprint density at radius 3 is 2.83 bits per heavy atom. The first kappa shape index (κ1) is 16.1. The average molecular weight is 334 g/mol. The Labute approximate surface area is 139 Å². The molecule has 3 heterocycles. The topological polar surface area (TPSA) is 84.7 Å². The second kappa shape index (κ2) is 6.76. The van der Waals surface area contributed by atoms with Crippen LogP contribution >= 0.6 is 11.3 Å². The molecule has 124 valence electrons. The summed E-state index contributed by atoms with van der Waals surface area (Å²) in [6.07, 6.45) is 2.02. The number of nitrogens with zero attached hydrogens (tertiary/aromatic N) is 4. The Kier molecular flexibility index (Phi) is 4.72.